The Balaban J connectivity index is 1.07. The highest BCUT2D eigenvalue weighted by Gasteiger charge is 2.21. The van der Waals surface area contributed by atoms with Crippen LogP contribution in [0.25, 0.3) is 117 Å². The lowest BCUT2D eigenvalue weighted by atomic mass is 10.0. The molecule has 4 aromatic heterocycles. The zero-order valence-corrected chi connectivity index (χ0v) is 30.4. The average molecular weight is 731 g/mol. The molecule has 8 aromatic carbocycles. The van der Waals surface area contributed by atoms with Crippen molar-refractivity contribution in [1.82, 2.24) is 19.5 Å². The zero-order chi connectivity index (χ0) is 37.5. The van der Waals surface area contributed by atoms with Gasteiger partial charge in [-0.3, -0.25) is 0 Å². The van der Waals surface area contributed by atoms with Gasteiger partial charge in [-0.2, -0.15) is 0 Å². The van der Waals surface area contributed by atoms with E-state index in [2.05, 4.69) is 150 Å². The number of hydrogen-bond acceptors (Lipinski definition) is 5. The Hall–Kier alpha value is -7.83. The summed E-state index contributed by atoms with van der Waals surface area (Å²) in [5, 5.41) is 6.47. The number of rotatable bonds is 5. The maximum absolute atomic E-state index is 6.69. The highest BCUT2D eigenvalue weighted by molar-refractivity contribution is 6.24. The summed E-state index contributed by atoms with van der Waals surface area (Å²) in [5.74, 6) is 1.70. The summed E-state index contributed by atoms with van der Waals surface area (Å²) in [5.41, 5.74) is 11.4. The summed E-state index contributed by atoms with van der Waals surface area (Å²) in [6.07, 6.45) is 0. The normalized spacial score (nSPS) is 11.9. The van der Waals surface area contributed by atoms with Crippen LogP contribution in [0.15, 0.2) is 191 Å². The van der Waals surface area contributed by atoms with Crippen LogP contribution in [0.2, 0.25) is 0 Å². The van der Waals surface area contributed by atoms with E-state index in [9.17, 15) is 0 Å². The SMILES string of the molecule is c1ccc(-c2ccc(-c3nc(-c4ccc5c(c4)oc4ccc6c7ccccc7n(-c7ccccc7)c6c45)nc(-c4cccc5oc6ccccc6c45)n3)cc2)cc1. The van der Waals surface area contributed by atoms with E-state index in [1.807, 2.05) is 36.4 Å². The molecule has 0 aliphatic heterocycles. The predicted octanol–water partition coefficient (Wildman–Crippen LogP) is 13.4. The second kappa shape index (κ2) is 12.3. The van der Waals surface area contributed by atoms with Crippen molar-refractivity contribution in [2.24, 2.45) is 0 Å². The van der Waals surface area contributed by atoms with E-state index >= 15 is 0 Å². The van der Waals surface area contributed by atoms with E-state index in [0.29, 0.717) is 17.5 Å². The molecule has 0 amide bonds. The molecule has 4 heterocycles. The number of hydrogen-bond donors (Lipinski definition) is 0. The number of nitrogens with zero attached hydrogens (tertiary/aromatic N) is 4. The molecule has 0 unspecified atom stereocenters. The second-order valence-corrected chi connectivity index (χ2v) is 14.4. The van der Waals surface area contributed by atoms with Crippen LogP contribution >= 0.6 is 0 Å². The molecule has 6 heteroatoms. The molecule has 0 radical (unpaired) electrons. The minimum Gasteiger partial charge on any atom is -0.456 e. The molecule has 12 rings (SSSR count). The van der Waals surface area contributed by atoms with Crippen LogP contribution in [0.5, 0.6) is 0 Å². The molecule has 0 saturated carbocycles. The third kappa shape index (κ3) is 4.94. The molecule has 0 saturated heterocycles. The number of aromatic nitrogens is 4. The molecule has 6 nitrogen and oxygen atoms in total. The van der Waals surface area contributed by atoms with Gasteiger partial charge in [0.15, 0.2) is 17.5 Å². The molecule has 57 heavy (non-hydrogen) atoms. The predicted molar refractivity (Wildman–Crippen MR) is 230 cm³/mol. The van der Waals surface area contributed by atoms with Gasteiger partial charge < -0.3 is 13.4 Å². The van der Waals surface area contributed by atoms with Crippen molar-refractivity contribution in [3.63, 3.8) is 0 Å². The van der Waals surface area contributed by atoms with E-state index in [0.717, 1.165) is 88.4 Å². The summed E-state index contributed by atoms with van der Waals surface area (Å²) in [6.45, 7) is 0. The Morgan fingerprint density at radius 3 is 1.77 bits per heavy atom. The molecule has 266 valence electrons. The Bertz CT molecular complexity index is 3510. The highest BCUT2D eigenvalue weighted by atomic mass is 16.3. The van der Waals surface area contributed by atoms with Crippen LogP contribution in [0, 0.1) is 0 Å². The van der Waals surface area contributed by atoms with E-state index in [-0.39, 0.29) is 0 Å². The molecule has 0 aliphatic carbocycles. The van der Waals surface area contributed by atoms with Gasteiger partial charge in [0.25, 0.3) is 0 Å². The lowest BCUT2D eigenvalue weighted by Gasteiger charge is -2.10. The molecule has 0 aliphatic rings. The van der Waals surface area contributed by atoms with Gasteiger partial charge in [-0.05, 0) is 65.7 Å². The fourth-order valence-corrected chi connectivity index (χ4v) is 8.46. The van der Waals surface area contributed by atoms with Crippen LogP contribution in [0.1, 0.15) is 0 Å². The Morgan fingerprint density at radius 2 is 0.930 bits per heavy atom. The Kier molecular flexibility index (Phi) is 6.83. The van der Waals surface area contributed by atoms with E-state index in [1.54, 1.807) is 0 Å². The Morgan fingerprint density at radius 1 is 0.351 bits per heavy atom. The van der Waals surface area contributed by atoms with Gasteiger partial charge >= 0.3 is 0 Å². The first-order valence-electron chi connectivity index (χ1n) is 19.0. The quantitative estimate of drug-likeness (QED) is 0.176. The summed E-state index contributed by atoms with van der Waals surface area (Å²) in [6, 6.07) is 62.6. The van der Waals surface area contributed by atoms with Gasteiger partial charge in [-0.1, -0.05) is 127 Å². The van der Waals surface area contributed by atoms with Crippen LogP contribution in [0.4, 0.5) is 0 Å². The van der Waals surface area contributed by atoms with E-state index in [1.165, 1.54) is 10.8 Å². The summed E-state index contributed by atoms with van der Waals surface area (Å²) in [7, 11) is 0. The highest BCUT2D eigenvalue weighted by Crippen LogP contribution is 2.42. The first-order valence-corrected chi connectivity index (χ1v) is 19.0. The fraction of sp³-hybridized carbons (Fsp3) is 0. The van der Waals surface area contributed by atoms with Crippen LogP contribution in [-0.2, 0) is 0 Å². The molecule has 0 N–H and O–H groups in total. The number of para-hydroxylation sites is 3. The largest absolute Gasteiger partial charge is 0.456 e. The molecule has 0 spiro atoms. The van der Waals surface area contributed by atoms with Gasteiger partial charge in [0, 0.05) is 49.3 Å². The molecule has 0 atom stereocenters. The third-order valence-corrected chi connectivity index (χ3v) is 11.1. The second-order valence-electron chi connectivity index (χ2n) is 14.4. The summed E-state index contributed by atoms with van der Waals surface area (Å²) < 4.78 is 15.3. The van der Waals surface area contributed by atoms with Crippen LogP contribution in [-0.4, -0.2) is 19.5 Å². The monoisotopic (exact) mass is 730 g/mol. The van der Waals surface area contributed by atoms with Crippen molar-refractivity contribution in [1.29, 1.82) is 0 Å². The molecule has 0 fully saturated rings. The standard InChI is InChI=1S/C51H30N4O2/c1-3-12-31(13-4-1)32-22-24-33(25-23-32)49-52-50(54-51(53-49)40-18-11-21-43-46(40)38-17-8-10-20-42(38)56-43)34-26-27-39-45(30-34)57-44-29-28-37-36-16-7-9-19-41(36)55(48(37)47(39)44)35-14-5-2-6-15-35/h1-30H. The number of furan rings is 2. The topological polar surface area (TPSA) is 69.9 Å². The van der Waals surface area contributed by atoms with Gasteiger partial charge in [0.05, 0.1) is 16.4 Å². The molecular weight excluding hydrogens is 701 g/mol. The maximum atomic E-state index is 6.69. The minimum atomic E-state index is 0.554. The van der Waals surface area contributed by atoms with Gasteiger partial charge in [-0.15, -0.1) is 0 Å². The van der Waals surface area contributed by atoms with Gasteiger partial charge in [0.2, 0.25) is 0 Å². The summed E-state index contributed by atoms with van der Waals surface area (Å²) >= 11 is 0. The fourth-order valence-electron chi connectivity index (χ4n) is 8.46. The smallest absolute Gasteiger partial charge is 0.164 e. The van der Waals surface area contributed by atoms with Crippen molar-refractivity contribution in [3.05, 3.63) is 182 Å². The molecule has 0 bridgehead atoms. The maximum Gasteiger partial charge on any atom is 0.164 e. The average Bonchev–Trinajstić information content (AvgIpc) is 3.96. The molecule has 12 aromatic rings. The van der Waals surface area contributed by atoms with Crippen LogP contribution < -0.4 is 0 Å². The van der Waals surface area contributed by atoms with Gasteiger partial charge in [0.1, 0.15) is 22.3 Å². The summed E-state index contributed by atoms with van der Waals surface area (Å²) in [4.78, 5) is 15.5. The van der Waals surface area contributed by atoms with Crippen molar-refractivity contribution >= 4 is 65.7 Å². The number of fused-ring (bicyclic) bond motifs is 10. The van der Waals surface area contributed by atoms with Crippen molar-refractivity contribution < 1.29 is 8.83 Å². The van der Waals surface area contributed by atoms with Crippen LogP contribution in [0.3, 0.4) is 0 Å². The van der Waals surface area contributed by atoms with Gasteiger partial charge in [-0.25, -0.2) is 15.0 Å². The van der Waals surface area contributed by atoms with E-state index in [4.69, 9.17) is 23.8 Å². The van der Waals surface area contributed by atoms with E-state index < -0.39 is 0 Å². The van der Waals surface area contributed by atoms with Crippen molar-refractivity contribution in [2.75, 3.05) is 0 Å². The lowest BCUT2D eigenvalue weighted by Crippen LogP contribution is -2.00. The first-order chi connectivity index (χ1) is 28.2. The zero-order valence-electron chi connectivity index (χ0n) is 30.4. The minimum absolute atomic E-state index is 0.554. The first kappa shape index (κ1) is 31.5. The number of benzene rings is 8. The third-order valence-electron chi connectivity index (χ3n) is 11.1. The molecular formula is C51H30N4O2. The van der Waals surface area contributed by atoms with Crippen molar-refractivity contribution in [3.8, 4) is 51.0 Å². The van der Waals surface area contributed by atoms with Crippen molar-refractivity contribution in [2.45, 2.75) is 0 Å². The lowest BCUT2D eigenvalue weighted by molar-refractivity contribution is 0.668. The Labute approximate surface area is 325 Å².